The summed E-state index contributed by atoms with van der Waals surface area (Å²) in [6.45, 7) is 12.4. The normalized spacial score (nSPS) is 14.9. The maximum Gasteiger partial charge on any atom is 0.410 e. The zero-order chi connectivity index (χ0) is 29.8. The van der Waals surface area contributed by atoms with Gasteiger partial charge < -0.3 is 19.3 Å². The molecule has 0 atom stereocenters. The number of hydrogen-bond acceptors (Lipinski definition) is 4. The van der Waals surface area contributed by atoms with Gasteiger partial charge in [-0.25, -0.2) is 18.4 Å². The fourth-order valence-corrected chi connectivity index (χ4v) is 4.86. The average Bonchev–Trinajstić information content (AvgIpc) is 2.87. The summed E-state index contributed by atoms with van der Waals surface area (Å²) in [6.07, 6.45) is 0.458. The summed E-state index contributed by atoms with van der Waals surface area (Å²) in [5.41, 5.74) is 2.84. The van der Waals surface area contributed by atoms with Crippen molar-refractivity contribution in [3.63, 3.8) is 0 Å². The van der Waals surface area contributed by atoms with Crippen LogP contribution in [0.3, 0.4) is 0 Å². The van der Waals surface area contributed by atoms with Crippen LogP contribution in [-0.4, -0.2) is 46.3 Å². The third kappa shape index (κ3) is 8.23. The minimum absolute atomic E-state index is 0.131. The third-order valence-electron chi connectivity index (χ3n) is 6.43. The summed E-state index contributed by atoms with van der Waals surface area (Å²) in [6, 6.07) is 7.21. The number of benzene rings is 2. The number of hydrogen-bond donors (Lipinski definition) is 0. The minimum atomic E-state index is -0.548. The molecule has 0 aromatic heterocycles. The van der Waals surface area contributed by atoms with Crippen LogP contribution >= 0.6 is 23.2 Å². The Bertz CT molecular complexity index is 1150. The van der Waals surface area contributed by atoms with Crippen LogP contribution in [0.4, 0.5) is 18.4 Å². The van der Waals surface area contributed by atoms with E-state index in [4.69, 9.17) is 32.7 Å². The summed E-state index contributed by atoms with van der Waals surface area (Å²) in [5, 5.41) is 0. The van der Waals surface area contributed by atoms with Crippen LogP contribution in [-0.2, 0) is 47.2 Å². The Morgan fingerprint density at radius 3 is 1.38 bits per heavy atom. The standard InChI is InChI=1S/2C15H19ClFNO2/c2*1-15(2,3)20-14(19)18-7-6-10-4-5-11(8-16)13(17)12(10)9-18/h2*4-5H,6-9H2,1-3H3. The Morgan fingerprint density at radius 2 is 1.07 bits per heavy atom. The number of halogens is 4. The molecular weight excluding hydrogens is 561 g/mol. The highest BCUT2D eigenvalue weighted by atomic mass is 35.5. The van der Waals surface area contributed by atoms with E-state index in [1.54, 1.807) is 12.1 Å². The number of carbonyl (C=O) groups is 2. The van der Waals surface area contributed by atoms with Crippen molar-refractivity contribution in [3.05, 3.63) is 69.3 Å². The van der Waals surface area contributed by atoms with Gasteiger partial charge >= 0.3 is 12.2 Å². The first kappa shape index (κ1) is 31.9. The van der Waals surface area contributed by atoms with Crippen LogP contribution < -0.4 is 0 Å². The molecule has 4 rings (SSSR count). The first-order valence-electron chi connectivity index (χ1n) is 13.3. The minimum Gasteiger partial charge on any atom is -0.444 e. The molecule has 0 spiro atoms. The SMILES string of the molecule is CC(C)(C)OC(=O)N1CCc2ccc(CCl)c(F)c2C1.CC(C)(C)OC(=O)N1CCc2ccc(CCl)c(F)c2C1. The monoisotopic (exact) mass is 598 g/mol. The molecule has 0 saturated carbocycles. The molecule has 40 heavy (non-hydrogen) atoms. The van der Waals surface area contributed by atoms with Gasteiger partial charge in [0.25, 0.3) is 0 Å². The molecule has 0 saturated heterocycles. The number of amides is 2. The predicted octanol–water partition coefficient (Wildman–Crippen LogP) is 7.72. The second-order valence-corrected chi connectivity index (χ2v) is 12.5. The number of rotatable bonds is 2. The van der Waals surface area contributed by atoms with Gasteiger partial charge in [-0.15, -0.1) is 23.2 Å². The lowest BCUT2D eigenvalue weighted by molar-refractivity contribution is 0.0211. The highest BCUT2D eigenvalue weighted by Crippen LogP contribution is 2.27. The van der Waals surface area contributed by atoms with Gasteiger partial charge in [-0.2, -0.15) is 0 Å². The molecule has 0 bridgehead atoms. The van der Waals surface area contributed by atoms with E-state index in [1.165, 1.54) is 9.80 Å². The van der Waals surface area contributed by atoms with E-state index in [2.05, 4.69) is 0 Å². The lowest BCUT2D eigenvalue weighted by atomic mass is 9.97. The maximum atomic E-state index is 14.3. The zero-order valence-corrected chi connectivity index (χ0v) is 25.5. The van der Waals surface area contributed by atoms with Gasteiger partial charge in [0.1, 0.15) is 22.8 Å². The van der Waals surface area contributed by atoms with Gasteiger partial charge in [0.05, 0.1) is 24.8 Å². The van der Waals surface area contributed by atoms with Crippen molar-refractivity contribution in [2.45, 2.75) is 90.4 Å². The Morgan fingerprint density at radius 1 is 0.725 bits per heavy atom. The largest absolute Gasteiger partial charge is 0.444 e. The van der Waals surface area contributed by atoms with Crippen molar-refractivity contribution < 1.29 is 27.8 Å². The lowest BCUT2D eigenvalue weighted by Gasteiger charge is -2.31. The topological polar surface area (TPSA) is 59.1 Å². The molecular formula is C30H38Cl2F2N2O4. The van der Waals surface area contributed by atoms with Crippen LogP contribution in [0.25, 0.3) is 0 Å². The summed E-state index contributed by atoms with van der Waals surface area (Å²) in [5.74, 6) is -0.339. The van der Waals surface area contributed by atoms with Crippen molar-refractivity contribution in [3.8, 4) is 0 Å². The number of carbonyl (C=O) groups excluding carboxylic acids is 2. The first-order valence-corrected chi connectivity index (χ1v) is 14.4. The number of nitrogens with zero attached hydrogens (tertiary/aromatic N) is 2. The van der Waals surface area contributed by atoms with E-state index in [1.807, 2.05) is 53.7 Å². The van der Waals surface area contributed by atoms with Crippen molar-refractivity contribution in [1.29, 1.82) is 0 Å². The Labute approximate surface area is 245 Å². The average molecular weight is 600 g/mol. The molecule has 0 radical (unpaired) electrons. The lowest BCUT2D eigenvalue weighted by Crippen LogP contribution is -2.40. The summed E-state index contributed by atoms with van der Waals surface area (Å²) in [7, 11) is 0. The van der Waals surface area contributed by atoms with E-state index >= 15 is 0 Å². The fraction of sp³-hybridized carbons (Fsp3) is 0.533. The molecule has 2 aromatic carbocycles. The second kappa shape index (κ2) is 12.9. The van der Waals surface area contributed by atoms with Crippen molar-refractivity contribution in [2.75, 3.05) is 13.1 Å². The zero-order valence-electron chi connectivity index (χ0n) is 24.0. The van der Waals surface area contributed by atoms with Crippen molar-refractivity contribution in [2.24, 2.45) is 0 Å². The number of fused-ring (bicyclic) bond motifs is 2. The summed E-state index contributed by atoms with van der Waals surface area (Å²) in [4.78, 5) is 27.2. The molecule has 2 aliphatic rings. The predicted molar refractivity (Wildman–Crippen MR) is 153 cm³/mol. The van der Waals surface area contributed by atoms with Crippen LogP contribution in [0.2, 0.25) is 0 Å². The Kier molecular flexibility index (Phi) is 10.3. The van der Waals surface area contributed by atoms with E-state index in [9.17, 15) is 18.4 Å². The number of ether oxygens (including phenoxy) is 2. The molecule has 6 nitrogen and oxygen atoms in total. The second-order valence-electron chi connectivity index (χ2n) is 11.9. The van der Waals surface area contributed by atoms with Gasteiger partial charge in [0, 0.05) is 35.3 Å². The van der Waals surface area contributed by atoms with Gasteiger partial charge in [-0.3, -0.25) is 0 Å². The van der Waals surface area contributed by atoms with E-state index in [0.29, 0.717) is 48.2 Å². The van der Waals surface area contributed by atoms with Gasteiger partial charge in [0.2, 0.25) is 0 Å². The van der Waals surface area contributed by atoms with Gasteiger partial charge in [0.15, 0.2) is 0 Å². The van der Waals surface area contributed by atoms with Crippen LogP contribution in [0, 0.1) is 11.6 Å². The van der Waals surface area contributed by atoms with Gasteiger partial charge in [-0.1, -0.05) is 24.3 Å². The highest BCUT2D eigenvalue weighted by molar-refractivity contribution is 6.17. The summed E-state index contributed by atoms with van der Waals surface area (Å²) >= 11 is 11.4. The summed E-state index contributed by atoms with van der Waals surface area (Å²) < 4.78 is 39.2. The van der Waals surface area contributed by atoms with E-state index < -0.39 is 23.4 Å². The fourth-order valence-electron chi connectivity index (χ4n) is 4.45. The first-order chi connectivity index (χ1) is 18.6. The maximum absolute atomic E-state index is 14.3. The Balaban J connectivity index is 0.000000220. The molecule has 0 N–H and O–H groups in total. The molecule has 2 aromatic rings. The molecule has 2 heterocycles. The van der Waals surface area contributed by atoms with E-state index in [0.717, 1.165) is 11.1 Å². The molecule has 0 aliphatic carbocycles. The highest BCUT2D eigenvalue weighted by Gasteiger charge is 2.29. The number of alkyl halides is 2. The van der Waals surface area contributed by atoms with Crippen LogP contribution in [0.15, 0.2) is 24.3 Å². The van der Waals surface area contributed by atoms with Gasteiger partial charge in [-0.05, 0) is 65.5 Å². The van der Waals surface area contributed by atoms with Crippen LogP contribution in [0.1, 0.15) is 74.9 Å². The van der Waals surface area contributed by atoms with Crippen molar-refractivity contribution in [1.82, 2.24) is 9.80 Å². The van der Waals surface area contributed by atoms with Crippen molar-refractivity contribution >= 4 is 35.4 Å². The molecule has 2 aliphatic heterocycles. The third-order valence-corrected chi connectivity index (χ3v) is 7.01. The molecule has 220 valence electrons. The van der Waals surface area contributed by atoms with Crippen LogP contribution in [0.5, 0.6) is 0 Å². The molecule has 2 amide bonds. The molecule has 10 heteroatoms. The smallest absolute Gasteiger partial charge is 0.410 e. The Hall–Kier alpha value is -2.58. The van der Waals surface area contributed by atoms with E-state index in [-0.39, 0.29) is 36.5 Å². The quantitative estimate of drug-likeness (QED) is 0.332. The molecule has 0 unspecified atom stereocenters. The molecule has 0 fully saturated rings.